The van der Waals surface area contributed by atoms with Crippen molar-refractivity contribution in [3.63, 3.8) is 0 Å². The number of nitrogens with one attached hydrogen (secondary N) is 1. The summed E-state index contributed by atoms with van der Waals surface area (Å²) in [4.78, 5) is 18.6. The molecule has 0 bridgehead atoms. The van der Waals surface area contributed by atoms with Gasteiger partial charge in [-0.15, -0.1) is 0 Å². The summed E-state index contributed by atoms with van der Waals surface area (Å²) in [5, 5.41) is 4.35. The van der Waals surface area contributed by atoms with Crippen molar-refractivity contribution in [2.24, 2.45) is 5.10 Å². The van der Waals surface area contributed by atoms with Gasteiger partial charge in [-0.1, -0.05) is 34.1 Å². The fourth-order valence-corrected chi connectivity index (χ4v) is 4.00. The number of halogens is 1. The van der Waals surface area contributed by atoms with E-state index in [4.69, 9.17) is 4.98 Å². The van der Waals surface area contributed by atoms with E-state index < -0.39 is 0 Å². The second-order valence-electron chi connectivity index (χ2n) is 7.25. The molecule has 1 aromatic carbocycles. The van der Waals surface area contributed by atoms with E-state index in [1.165, 1.54) is 38.5 Å². The zero-order valence-electron chi connectivity index (χ0n) is 16.0. The van der Waals surface area contributed by atoms with Crippen molar-refractivity contribution < 1.29 is 0 Å². The van der Waals surface area contributed by atoms with E-state index >= 15 is 0 Å². The molecule has 7 nitrogen and oxygen atoms in total. The van der Waals surface area contributed by atoms with Crippen molar-refractivity contribution in [2.45, 2.75) is 38.5 Å². The highest BCUT2D eigenvalue weighted by Gasteiger charge is 2.20. The zero-order chi connectivity index (χ0) is 19.2. The Hall–Kier alpha value is -2.22. The minimum absolute atomic E-state index is 0.499. The summed E-state index contributed by atoms with van der Waals surface area (Å²) in [5.41, 5.74) is 4.01. The van der Waals surface area contributed by atoms with Crippen LogP contribution in [-0.4, -0.2) is 47.3 Å². The number of rotatable bonds is 5. The fraction of sp³-hybridized carbons (Fsp3) is 0.500. The maximum Gasteiger partial charge on any atom is 0.250 e. The summed E-state index contributed by atoms with van der Waals surface area (Å²) >= 11 is 3.54. The average molecular weight is 444 g/mol. The van der Waals surface area contributed by atoms with E-state index in [9.17, 15) is 0 Å². The second-order valence-corrected chi connectivity index (χ2v) is 8.10. The third kappa shape index (κ3) is 4.79. The lowest BCUT2D eigenvalue weighted by Crippen LogP contribution is -2.34. The Bertz CT molecular complexity index is 778. The molecule has 4 rings (SSSR count). The Morgan fingerprint density at radius 3 is 1.96 bits per heavy atom. The number of anilines is 3. The van der Waals surface area contributed by atoms with E-state index in [1.807, 2.05) is 24.3 Å². The van der Waals surface area contributed by atoms with Gasteiger partial charge in [0.1, 0.15) is 0 Å². The molecular formula is C20H26BrN7. The third-order valence-corrected chi connectivity index (χ3v) is 5.89. The van der Waals surface area contributed by atoms with Crippen LogP contribution in [0.25, 0.3) is 0 Å². The molecule has 1 N–H and O–H groups in total. The van der Waals surface area contributed by atoms with Crippen LogP contribution in [0.4, 0.5) is 17.8 Å². The third-order valence-electron chi connectivity index (χ3n) is 5.16. The Kier molecular flexibility index (Phi) is 6.36. The van der Waals surface area contributed by atoms with Crippen molar-refractivity contribution >= 4 is 40.0 Å². The summed E-state index contributed by atoms with van der Waals surface area (Å²) in [6.45, 7) is 4.01. The van der Waals surface area contributed by atoms with Gasteiger partial charge in [0.05, 0.1) is 6.21 Å². The van der Waals surface area contributed by atoms with Crippen LogP contribution in [-0.2, 0) is 0 Å². The number of hydrazone groups is 1. The maximum absolute atomic E-state index is 4.79. The first-order valence-corrected chi connectivity index (χ1v) is 10.9. The van der Waals surface area contributed by atoms with Crippen molar-refractivity contribution in [3.8, 4) is 0 Å². The molecule has 0 spiro atoms. The summed E-state index contributed by atoms with van der Waals surface area (Å²) in [5.74, 6) is 2.02. The SMILES string of the molecule is Brc1ccccc1/C=N\Nc1nc(N2CCCCC2)nc(N2CCCCC2)n1. The lowest BCUT2D eigenvalue weighted by atomic mass is 10.1. The van der Waals surface area contributed by atoms with Crippen LogP contribution in [0.5, 0.6) is 0 Å². The molecule has 148 valence electrons. The van der Waals surface area contributed by atoms with Crippen LogP contribution in [0.1, 0.15) is 44.1 Å². The highest BCUT2D eigenvalue weighted by molar-refractivity contribution is 9.10. The lowest BCUT2D eigenvalue weighted by molar-refractivity contribution is 0.556. The minimum Gasteiger partial charge on any atom is -0.341 e. The number of benzene rings is 1. The van der Waals surface area contributed by atoms with Gasteiger partial charge in [-0.3, -0.25) is 0 Å². The Morgan fingerprint density at radius 2 is 1.39 bits per heavy atom. The molecule has 0 atom stereocenters. The van der Waals surface area contributed by atoms with Gasteiger partial charge in [-0.25, -0.2) is 5.43 Å². The molecule has 2 aliphatic heterocycles. The molecular weight excluding hydrogens is 418 g/mol. The van der Waals surface area contributed by atoms with Crippen molar-refractivity contribution in [2.75, 3.05) is 41.4 Å². The quantitative estimate of drug-likeness (QED) is 0.554. The molecule has 0 amide bonds. The molecule has 0 aliphatic carbocycles. The molecule has 3 heterocycles. The normalized spacial score (nSPS) is 17.9. The van der Waals surface area contributed by atoms with Crippen molar-refractivity contribution in [3.05, 3.63) is 34.3 Å². The number of hydrogen-bond donors (Lipinski definition) is 1. The smallest absolute Gasteiger partial charge is 0.250 e. The standard InChI is InChI=1S/C20H26BrN7/c21-17-10-4-3-9-16(17)15-22-26-18-23-19(27-11-5-1-6-12-27)25-20(24-18)28-13-7-2-8-14-28/h3-4,9-10,15H,1-2,5-8,11-14H2,(H,23,24,25,26)/b22-15-. The molecule has 2 aromatic rings. The average Bonchev–Trinajstić information content (AvgIpc) is 2.76. The summed E-state index contributed by atoms with van der Waals surface area (Å²) < 4.78 is 0.999. The summed E-state index contributed by atoms with van der Waals surface area (Å²) in [6.07, 6.45) is 9.08. The van der Waals surface area contributed by atoms with Gasteiger partial charge < -0.3 is 9.80 Å². The predicted octanol–water partition coefficient (Wildman–Crippen LogP) is 4.06. The Morgan fingerprint density at radius 1 is 0.821 bits per heavy atom. The molecule has 2 fully saturated rings. The van der Waals surface area contributed by atoms with Gasteiger partial charge in [0.2, 0.25) is 17.8 Å². The molecule has 2 aliphatic rings. The number of piperidine rings is 2. The maximum atomic E-state index is 4.79. The number of aromatic nitrogens is 3. The molecule has 2 saturated heterocycles. The first-order chi connectivity index (χ1) is 13.8. The highest BCUT2D eigenvalue weighted by atomic mass is 79.9. The van der Waals surface area contributed by atoms with Crippen molar-refractivity contribution in [1.29, 1.82) is 0 Å². The van der Waals surface area contributed by atoms with Gasteiger partial charge in [-0.05, 0) is 44.6 Å². The monoisotopic (exact) mass is 443 g/mol. The van der Waals surface area contributed by atoms with Crippen LogP contribution in [0.2, 0.25) is 0 Å². The molecule has 0 unspecified atom stereocenters. The summed E-state index contributed by atoms with van der Waals surface area (Å²) in [7, 11) is 0. The number of hydrogen-bond acceptors (Lipinski definition) is 7. The molecule has 0 saturated carbocycles. The van der Waals surface area contributed by atoms with Crippen LogP contribution in [0.3, 0.4) is 0 Å². The van der Waals surface area contributed by atoms with Gasteiger partial charge >= 0.3 is 0 Å². The summed E-state index contributed by atoms with van der Waals surface area (Å²) in [6, 6.07) is 7.96. The lowest BCUT2D eigenvalue weighted by Gasteiger charge is -2.30. The largest absolute Gasteiger partial charge is 0.341 e. The Balaban J connectivity index is 1.56. The van der Waals surface area contributed by atoms with Crippen LogP contribution < -0.4 is 15.2 Å². The van der Waals surface area contributed by atoms with E-state index in [0.29, 0.717) is 5.95 Å². The fourth-order valence-electron chi connectivity index (χ4n) is 3.61. The van der Waals surface area contributed by atoms with E-state index in [-0.39, 0.29) is 0 Å². The molecule has 1 aromatic heterocycles. The molecule has 8 heteroatoms. The van der Waals surface area contributed by atoms with Crippen molar-refractivity contribution in [1.82, 2.24) is 15.0 Å². The predicted molar refractivity (Wildman–Crippen MR) is 117 cm³/mol. The van der Waals surface area contributed by atoms with Crippen LogP contribution in [0.15, 0.2) is 33.8 Å². The zero-order valence-corrected chi connectivity index (χ0v) is 17.6. The highest BCUT2D eigenvalue weighted by Crippen LogP contribution is 2.22. The minimum atomic E-state index is 0.499. The van der Waals surface area contributed by atoms with Gasteiger partial charge in [0, 0.05) is 36.2 Å². The second kappa shape index (κ2) is 9.32. The van der Waals surface area contributed by atoms with Gasteiger partial charge in [-0.2, -0.15) is 20.1 Å². The Labute approximate surface area is 174 Å². The van der Waals surface area contributed by atoms with Gasteiger partial charge in [0.25, 0.3) is 0 Å². The molecule has 28 heavy (non-hydrogen) atoms. The van der Waals surface area contributed by atoms with Gasteiger partial charge in [0.15, 0.2) is 0 Å². The topological polar surface area (TPSA) is 69.5 Å². The van der Waals surface area contributed by atoms with E-state index in [0.717, 1.165) is 48.1 Å². The first-order valence-electron chi connectivity index (χ1n) is 10.1. The van der Waals surface area contributed by atoms with E-state index in [2.05, 4.69) is 46.2 Å². The number of nitrogens with zero attached hydrogens (tertiary/aromatic N) is 6. The van der Waals surface area contributed by atoms with Crippen LogP contribution >= 0.6 is 15.9 Å². The van der Waals surface area contributed by atoms with E-state index in [1.54, 1.807) is 6.21 Å². The first kappa shape index (κ1) is 19.1. The molecule has 0 radical (unpaired) electrons. The van der Waals surface area contributed by atoms with Crippen LogP contribution in [0, 0.1) is 0 Å².